The maximum absolute atomic E-state index is 12.5. The summed E-state index contributed by atoms with van der Waals surface area (Å²) in [4.78, 5) is 0. The van der Waals surface area contributed by atoms with Crippen molar-refractivity contribution in [3.63, 3.8) is 0 Å². The van der Waals surface area contributed by atoms with Crippen LogP contribution in [-0.4, -0.2) is 25.4 Å². The third-order valence-electron chi connectivity index (χ3n) is 1.39. The monoisotopic (exact) mass is 278 g/mol. The van der Waals surface area contributed by atoms with Gasteiger partial charge >= 0.3 is 6.18 Å². The maximum atomic E-state index is 12.5. The zero-order chi connectivity index (χ0) is 10.9. The minimum atomic E-state index is -4.32. The first-order valence-electron chi connectivity index (χ1n) is 3.85. The van der Waals surface area contributed by atoms with Gasteiger partial charge in [0.1, 0.15) is 0 Å². The van der Waals surface area contributed by atoms with Gasteiger partial charge < -0.3 is 4.43 Å². The van der Waals surface area contributed by atoms with Gasteiger partial charge in [0, 0.05) is 5.33 Å². The molecule has 13 heavy (non-hydrogen) atoms. The molecule has 1 atom stereocenters. The first-order valence-corrected chi connectivity index (χ1v) is 8.38. The van der Waals surface area contributed by atoms with Crippen LogP contribution in [0.4, 0.5) is 13.2 Å². The van der Waals surface area contributed by atoms with Crippen molar-refractivity contribution in [3.05, 3.63) is 0 Å². The molecule has 0 aliphatic carbocycles. The lowest BCUT2D eigenvalue weighted by molar-refractivity contribution is -0.235. The van der Waals surface area contributed by atoms with Gasteiger partial charge in [-0.15, -0.1) is 0 Å². The Morgan fingerprint density at radius 2 is 1.62 bits per heavy atom. The van der Waals surface area contributed by atoms with Gasteiger partial charge in [0.05, 0.1) is 0 Å². The van der Waals surface area contributed by atoms with Gasteiger partial charge in [0.25, 0.3) is 0 Å². The van der Waals surface area contributed by atoms with Gasteiger partial charge in [-0.2, -0.15) is 13.2 Å². The molecular formula is C7H14BrF3OSi. The Hall–Kier alpha value is 0.447. The zero-order valence-corrected chi connectivity index (χ0v) is 10.7. The molecule has 1 nitrogen and oxygen atoms in total. The predicted molar refractivity (Wildman–Crippen MR) is 52.7 cm³/mol. The number of halogens is 4. The minimum Gasteiger partial charge on any atom is -0.403 e. The molecule has 0 amide bonds. The van der Waals surface area contributed by atoms with Crippen molar-refractivity contribution in [2.45, 2.75) is 38.3 Å². The van der Waals surface area contributed by atoms with E-state index in [1.54, 1.807) is 19.6 Å². The van der Waals surface area contributed by atoms with Crippen LogP contribution < -0.4 is 0 Å². The molecule has 0 saturated carbocycles. The fourth-order valence-corrected chi connectivity index (χ4v) is 3.02. The van der Waals surface area contributed by atoms with Crippen LogP contribution in [0.1, 0.15) is 6.92 Å². The van der Waals surface area contributed by atoms with Crippen LogP contribution in [0.25, 0.3) is 0 Å². The van der Waals surface area contributed by atoms with Crippen molar-refractivity contribution in [1.29, 1.82) is 0 Å². The van der Waals surface area contributed by atoms with Crippen LogP contribution in [0.2, 0.25) is 19.6 Å². The van der Waals surface area contributed by atoms with Crippen LogP contribution in [0.15, 0.2) is 0 Å². The second kappa shape index (κ2) is 3.90. The first kappa shape index (κ1) is 13.4. The van der Waals surface area contributed by atoms with Crippen LogP contribution in [-0.2, 0) is 4.43 Å². The quantitative estimate of drug-likeness (QED) is 0.567. The van der Waals surface area contributed by atoms with Crippen LogP contribution >= 0.6 is 15.9 Å². The van der Waals surface area contributed by atoms with Crippen LogP contribution in [0.5, 0.6) is 0 Å². The van der Waals surface area contributed by atoms with E-state index in [9.17, 15) is 13.2 Å². The summed E-state index contributed by atoms with van der Waals surface area (Å²) in [6.45, 7) is 6.28. The molecule has 0 bridgehead atoms. The normalized spacial score (nSPS) is 18.5. The van der Waals surface area contributed by atoms with E-state index in [0.29, 0.717) is 0 Å². The Balaban J connectivity index is 4.67. The van der Waals surface area contributed by atoms with E-state index in [4.69, 9.17) is 4.43 Å². The highest BCUT2D eigenvalue weighted by Gasteiger charge is 2.53. The highest BCUT2D eigenvalue weighted by molar-refractivity contribution is 9.09. The summed E-state index contributed by atoms with van der Waals surface area (Å²) in [5.74, 6) is 0. The smallest absolute Gasteiger partial charge is 0.403 e. The fraction of sp³-hybridized carbons (Fsp3) is 1.00. The lowest BCUT2D eigenvalue weighted by Gasteiger charge is -2.36. The van der Waals surface area contributed by atoms with E-state index in [-0.39, 0.29) is 5.33 Å². The van der Waals surface area contributed by atoms with Gasteiger partial charge in [-0.25, -0.2) is 0 Å². The summed E-state index contributed by atoms with van der Waals surface area (Å²) in [5.41, 5.74) is -2.06. The lowest BCUT2D eigenvalue weighted by atomic mass is 10.1. The van der Waals surface area contributed by atoms with Gasteiger partial charge in [-0.1, -0.05) is 15.9 Å². The third-order valence-corrected chi connectivity index (χ3v) is 3.52. The van der Waals surface area contributed by atoms with Gasteiger partial charge in [-0.3, -0.25) is 0 Å². The van der Waals surface area contributed by atoms with Gasteiger partial charge in [0.2, 0.25) is 0 Å². The molecule has 0 aromatic carbocycles. The van der Waals surface area contributed by atoms with E-state index < -0.39 is 20.1 Å². The van der Waals surface area contributed by atoms with E-state index in [1.165, 1.54) is 0 Å². The average molecular weight is 279 g/mol. The van der Waals surface area contributed by atoms with Gasteiger partial charge in [-0.05, 0) is 26.6 Å². The van der Waals surface area contributed by atoms with Crippen molar-refractivity contribution < 1.29 is 17.6 Å². The Labute approximate surface area is 85.9 Å². The van der Waals surface area contributed by atoms with Crippen LogP contribution in [0, 0.1) is 0 Å². The molecule has 1 unspecified atom stereocenters. The SMILES string of the molecule is CC(CBr)(O[Si](C)(C)C)C(F)(F)F. The summed E-state index contributed by atoms with van der Waals surface area (Å²) >= 11 is 2.84. The average Bonchev–Trinajstić information content (AvgIpc) is 1.81. The molecule has 0 radical (unpaired) electrons. The summed E-state index contributed by atoms with van der Waals surface area (Å²) in [5, 5.41) is -0.228. The topological polar surface area (TPSA) is 9.23 Å². The fourth-order valence-electron chi connectivity index (χ4n) is 0.837. The summed E-state index contributed by atoms with van der Waals surface area (Å²) in [6.07, 6.45) is -4.32. The molecule has 0 spiro atoms. The number of hydrogen-bond acceptors (Lipinski definition) is 1. The molecule has 0 N–H and O–H groups in total. The predicted octanol–water partition coefficient (Wildman–Crippen LogP) is 3.55. The Kier molecular flexibility index (Phi) is 4.04. The van der Waals surface area contributed by atoms with E-state index in [1.807, 2.05) is 0 Å². The van der Waals surface area contributed by atoms with Crippen molar-refractivity contribution in [2.24, 2.45) is 0 Å². The Morgan fingerprint density at radius 3 is 1.69 bits per heavy atom. The second-order valence-corrected chi connectivity index (χ2v) is 9.07. The largest absolute Gasteiger partial charge is 0.416 e. The molecule has 0 heterocycles. The van der Waals surface area contributed by atoms with Gasteiger partial charge in [0.15, 0.2) is 13.9 Å². The molecule has 80 valence electrons. The van der Waals surface area contributed by atoms with Crippen molar-refractivity contribution >= 4 is 24.2 Å². The number of hydrogen-bond donors (Lipinski definition) is 0. The zero-order valence-electron chi connectivity index (χ0n) is 8.13. The van der Waals surface area contributed by atoms with Crippen molar-refractivity contribution in [1.82, 2.24) is 0 Å². The summed E-state index contributed by atoms with van der Waals surface area (Å²) < 4.78 is 42.6. The summed E-state index contributed by atoms with van der Waals surface area (Å²) in [6, 6.07) is 0. The molecule has 6 heteroatoms. The van der Waals surface area contributed by atoms with Crippen LogP contribution in [0.3, 0.4) is 0 Å². The number of alkyl halides is 4. The van der Waals surface area contributed by atoms with Crippen molar-refractivity contribution in [3.8, 4) is 0 Å². The third kappa shape index (κ3) is 3.99. The highest BCUT2D eigenvalue weighted by atomic mass is 79.9. The molecule has 0 rings (SSSR count). The minimum absolute atomic E-state index is 0.228. The molecule has 0 aromatic rings. The molecule has 0 saturated heterocycles. The van der Waals surface area contributed by atoms with E-state index in [2.05, 4.69) is 15.9 Å². The maximum Gasteiger partial charge on any atom is 0.416 e. The molecule has 0 aliphatic heterocycles. The highest BCUT2D eigenvalue weighted by Crippen LogP contribution is 2.36. The molecule has 0 aromatic heterocycles. The number of rotatable bonds is 3. The molecule has 0 fully saturated rings. The Morgan fingerprint density at radius 1 is 1.23 bits per heavy atom. The van der Waals surface area contributed by atoms with Crippen molar-refractivity contribution in [2.75, 3.05) is 5.33 Å². The first-order chi connectivity index (χ1) is 5.52. The molecule has 0 aliphatic rings. The standard InChI is InChI=1S/C7H14BrF3OSi/c1-6(5-8,7(9,10)11)12-13(2,3)4/h5H2,1-4H3. The summed E-state index contributed by atoms with van der Waals surface area (Å²) in [7, 11) is -2.17. The van der Waals surface area contributed by atoms with E-state index >= 15 is 0 Å². The Bertz CT molecular complexity index is 178. The molecular weight excluding hydrogens is 265 g/mol. The lowest BCUT2D eigenvalue weighted by Crippen LogP contribution is -2.52. The van der Waals surface area contributed by atoms with E-state index in [0.717, 1.165) is 6.92 Å². The second-order valence-electron chi connectivity index (χ2n) is 4.08.